The summed E-state index contributed by atoms with van der Waals surface area (Å²) in [6.45, 7) is 0.685. The first kappa shape index (κ1) is 21.7. The predicted molar refractivity (Wildman–Crippen MR) is 105 cm³/mol. The minimum Gasteiger partial charge on any atom is -0.330 e. The molecule has 3 fully saturated rings. The van der Waals surface area contributed by atoms with E-state index in [0.29, 0.717) is 31.7 Å². The first-order chi connectivity index (χ1) is 14.0. The van der Waals surface area contributed by atoms with Crippen molar-refractivity contribution in [3.8, 4) is 0 Å². The van der Waals surface area contributed by atoms with Crippen LogP contribution in [0.2, 0.25) is 0 Å². The van der Waals surface area contributed by atoms with E-state index in [1.54, 1.807) is 4.90 Å². The van der Waals surface area contributed by atoms with Crippen LogP contribution in [0.4, 0.5) is 0 Å². The van der Waals surface area contributed by atoms with Gasteiger partial charge in [0.2, 0.25) is 24.1 Å². The number of hydrogen-bond acceptors (Lipinski definition) is 5. The van der Waals surface area contributed by atoms with Crippen molar-refractivity contribution in [2.45, 2.75) is 70.3 Å². The summed E-state index contributed by atoms with van der Waals surface area (Å²) in [5.41, 5.74) is 0. The highest BCUT2D eigenvalue weighted by Gasteiger charge is 2.39. The summed E-state index contributed by atoms with van der Waals surface area (Å²) in [7, 11) is 1.41. The van der Waals surface area contributed by atoms with Crippen LogP contribution in [0.15, 0.2) is 0 Å². The summed E-state index contributed by atoms with van der Waals surface area (Å²) in [6.07, 6.45) is 9.79. The average molecular weight is 408 g/mol. The highest BCUT2D eigenvalue weighted by molar-refractivity contribution is 6.00. The van der Waals surface area contributed by atoms with Gasteiger partial charge in [-0.3, -0.25) is 29.3 Å². The summed E-state index contributed by atoms with van der Waals surface area (Å²) in [5, 5.41) is 3.66. The van der Waals surface area contributed by atoms with E-state index >= 15 is 0 Å². The number of hydroxylamine groups is 2. The Bertz CT molecular complexity index is 615. The van der Waals surface area contributed by atoms with Crippen LogP contribution in [0.5, 0.6) is 0 Å². The van der Waals surface area contributed by atoms with Gasteiger partial charge < -0.3 is 4.90 Å². The molecule has 3 aliphatic rings. The maximum absolute atomic E-state index is 13.4. The highest BCUT2D eigenvalue weighted by atomic mass is 16.7. The van der Waals surface area contributed by atoms with E-state index in [4.69, 9.17) is 4.84 Å². The molecule has 0 aromatic carbocycles. The first-order valence-electron chi connectivity index (χ1n) is 10.9. The van der Waals surface area contributed by atoms with Crippen molar-refractivity contribution >= 4 is 24.1 Å². The number of nitrogens with zero attached hydrogens (tertiary/aromatic N) is 2. The normalized spacial score (nSPS) is 23.5. The van der Waals surface area contributed by atoms with Crippen molar-refractivity contribution in [1.29, 1.82) is 0 Å². The molecule has 0 aromatic rings. The molecule has 8 nitrogen and oxygen atoms in total. The van der Waals surface area contributed by atoms with Crippen LogP contribution in [0.3, 0.4) is 0 Å². The van der Waals surface area contributed by atoms with E-state index in [0.717, 1.165) is 43.6 Å². The lowest BCUT2D eigenvalue weighted by Crippen LogP contribution is -2.51. The van der Waals surface area contributed by atoms with E-state index in [1.165, 1.54) is 20.0 Å². The molecule has 29 heavy (non-hydrogen) atoms. The standard InChI is InChI=1S/C21H33N3O5/c1-29-23(14-25)13-17(12-15-6-2-3-7-15)21(28)24-11-5-10-18(24)20(27)22-19(26)16-8-4-9-16/h14-18H,2-13H2,1H3,(H,22,26,27). The second kappa shape index (κ2) is 10.2. The van der Waals surface area contributed by atoms with Crippen molar-refractivity contribution in [3.63, 3.8) is 0 Å². The molecule has 0 radical (unpaired) electrons. The van der Waals surface area contributed by atoms with Gasteiger partial charge in [0.1, 0.15) is 6.04 Å². The number of likely N-dealkylation sites (tertiary alicyclic amines) is 1. The fourth-order valence-electron chi connectivity index (χ4n) is 4.79. The monoisotopic (exact) mass is 407 g/mol. The fraction of sp³-hybridized carbons (Fsp3) is 0.810. The molecule has 3 rings (SSSR count). The van der Waals surface area contributed by atoms with E-state index in [1.807, 2.05) is 0 Å². The molecule has 1 heterocycles. The second-order valence-electron chi connectivity index (χ2n) is 8.64. The molecule has 0 aromatic heterocycles. The minimum absolute atomic E-state index is 0.0672. The quantitative estimate of drug-likeness (QED) is 0.356. The molecule has 2 saturated carbocycles. The van der Waals surface area contributed by atoms with Crippen LogP contribution in [-0.4, -0.2) is 60.3 Å². The Morgan fingerprint density at radius 3 is 2.38 bits per heavy atom. The van der Waals surface area contributed by atoms with Crippen LogP contribution in [0.1, 0.15) is 64.2 Å². The third kappa shape index (κ3) is 5.35. The molecule has 2 atom stereocenters. The molecular formula is C21H33N3O5. The number of imide groups is 1. The molecule has 1 N–H and O–H groups in total. The maximum atomic E-state index is 13.4. The highest BCUT2D eigenvalue weighted by Crippen LogP contribution is 2.32. The van der Waals surface area contributed by atoms with Crippen molar-refractivity contribution in [2.24, 2.45) is 17.8 Å². The molecule has 0 spiro atoms. The van der Waals surface area contributed by atoms with Crippen LogP contribution < -0.4 is 5.32 Å². The molecule has 162 valence electrons. The van der Waals surface area contributed by atoms with Crippen molar-refractivity contribution in [2.75, 3.05) is 20.2 Å². The molecule has 1 aliphatic heterocycles. The van der Waals surface area contributed by atoms with Gasteiger partial charge in [-0.25, -0.2) is 5.06 Å². The average Bonchev–Trinajstić information content (AvgIpc) is 3.34. The van der Waals surface area contributed by atoms with Gasteiger partial charge in [0.05, 0.1) is 19.6 Å². The molecule has 1 saturated heterocycles. The van der Waals surface area contributed by atoms with Gasteiger partial charge in [-0.15, -0.1) is 0 Å². The van der Waals surface area contributed by atoms with Crippen LogP contribution in [0.25, 0.3) is 0 Å². The van der Waals surface area contributed by atoms with Crippen molar-refractivity contribution in [3.05, 3.63) is 0 Å². The topological polar surface area (TPSA) is 96.0 Å². The number of nitrogens with one attached hydrogen (secondary N) is 1. The zero-order valence-corrected chi connectivity index (χ0v) is 17.3. The summed E-state index contributed by atoms with van der Waals surface area (Å²) < 4.78 is 0. The van der Waals surface area contributed by atoms with Gasteiger partial charge in [0, 0.05) is 12.5 Å². The zero-order chi connectivity index (χ0) is 20.8. The van der Waals surface area contributed by atoms with E-state index in [-0.39, 0.29) is 30.2 Å². The van der Waals surface area contributed by atoms with Gasteiger partial charge in [-0.1, -0.05) is 32.1 Å². The lowest BCUT2D eigenvalue weighted by molar-refractivity contribution is -0.168. The van der Waals surface area contributed by atoms with Gasteiger partial charge >= 0.3 is 0 Å². The number of hydrogen-bond donors (Lipinski definition) is 1. The van der Waals surface area contributed by atoms with E-state index in [9.17, 15) is 19.2 Å². The van der Waals surface area contributed by atoms with Gasteiger partial charge in [0.15, 0.2) is 0 Å². The first-order valence-corrected chi connectivity index (χ1v) is 10.9. The number of carbonyl (C=O) groups excluding carboxylic acids is 4. The third-order valence-electron chi connectivity index (χ3n) is 6.76. The second-order valence-corrected chi connectivity index (χ2v) is 8.64. The Hall–Kier alpha value is -1.96. The lowest BCUT2D eigenvalue weighted by atomic mass is 9.85. The van der Waals surface area contributed by atoms with E-state index in [2.05, 4.69) is 5.32 Å². The minimum atomic E-state index is -0.607. The third-order valence-corrected chi connectivity index (χ3v) is 6.76. The fourth-order valence-corrected chi connectivity index (χ4v) is 4.79. The molecule has 4 amide bonds. The van der Waals surface area contributed by atoms with Gasteiger partial charge in [0.25, 0.3) is 0 Å². The molecule has 2 aliphatic carbocycles. The van der Waals surface area contributed by atoms with Crippen LogP contribution in [-0.2, 0) is 24.0 Å². The Balaban J connectivity index is 1.65. The summed E-state index contributed by atoms with van der Waals surface area (Å²) in [6, 6.07) is -0.607. The van der Waals surface area contributed by atoms with Crippen molar-refractivity contribution < 1.29 is 24.0 Å². The number of amides is 4. The molecule has 8 heteroatoms. The summed E-state index contributed by atoms with van der Waals surface area (Å²) in [5.74, 6) is -0.707. The zero-order valence-electron chi connectivity index (χ0n) is 17.3. The van der Waals surface area contributed by atoms with Gasteiger partial charge in [-0.05, 0) is 38.0 Å². The van der Waals surface area contributed by atoms with Crippen LogP contribution in [0, 0.1) is 17.8 Å². The van der Waals surface area contributed by atoms with Crippen molar-refractivity contribution in [1.82, 2.24) is 15.3 Å². The Labute approximate surface area is 172 Å². The molecular weight excluding hydrogens is 374 g/mol. The molecule has 0 bridgehead atoms. The SMILES string of the molecule is CON(C=O)CC(CC1CCCC1)C(=O)N1CCCC1C(=O)NC(=O)C1CCC1. The Morgan fingerprint density at radius 2 is 1.79 bits per heavy atom. The lowest BCUT2D eigenvalue weighted by Gasteiger charge is -2.31. The summed E-state index contributed by atoms with van der Waals surface area (Å²) in [4.78, 5) is 56.1. The van der Waals surface area contributed by atoms with E-state index < -0.39 is 12.0 Å². The van der Waals surface area contributed by atoms with Gasteiger partial charge in [-0.2, -0.15) is 0 Å². The van der Waals surface area contributed by atoms with Crippen LogP contribution >= 0.6 is 0 Å². The smallest absolute Gasteiger partial charge is 0.249 e. The Morgan fingerprint density at radius 1 is 1.07 bits per heavy atom. The Kier molecular flexibility index (Phi) is 7.64. The molecule has 2 unspecified atom stereocenters. The number of carbonyl (C=O) groups is 4. The maximum Gasteiger partial charge on any atom is 0.249 e. The largest absolute Gasteiger partial charge is 0.330 e. The number of rotatable bonds is 9. The summed E-state index contributed by atoms with van der Waals surface area (Å²) >= 11 is 0. The predicted octanol–water partition coefficient (Wildman–Crippen LogP) is 1.64.